The molecule has 2 aliphatic heterocycles. The maximum absolute atomic E-state index is 12.4. The fourth-order valence-corrected chi connectivity index (χ4v) is 4.16. The predicted octanol–water partition coefficient (Wildman–Crippen LogP) is 1.31. The molecule has 1 aliphatic carbocycles. The maximum atomic E-state index is 12.4. The highest BCUT2D eigenvalue weighted by Crippen LogP contribution is 2.32. The van der Waals surface area contributed by atoms with Crippen molar-refractivity contribution < 1.29 is 9.59 Å². The third kappa shape index (κ3) is 3.86. The minimum Gasteiger partial charge on any atom is -0.335 e. The van der Waals surface area contributed by atoms with E-state index in [0.717, 1.165) is 32.4 Å². The zero-order valence-electron chi connectivity index (χ0n) is 14.5. The van der Waals surface area contributed by atoms with E-state index in [-0.39, 0.29) is 24.0 Å². The SMILES string of the molecule is CC(C(=O)NC(=O)NC1CC1)N1CCC2CCC(C1)N2C(C)C. The van der Waals surface area contributed by atoms with Crippen LogP contribution in [0.2, 0.25) is 0 Å². The molecule has 3 rings (SSSR count). The number of carbonyl (C=O) groups is 2. The van der Waals surface area contributed by atoms with Crippen LogP contribution in [0.1, 0.15) is 52.9 Å². The predicted molar refractivity (Wildman–Crippen MR) is 89.1 cm³/mol. The molecule has 2 N–H and O–H groups in total. The van der Waals surface area contributed by atoms with Crippen molar-refractivity contribution in [3.05, 3.63) is 0 Å². The van der Waals surface area contributed by atoms with Gasteiger partial charge < -0.3 is 5.32 Å². The zero-order chi connectivity index (χ0) is 16.6. The first kappa shape index (κ1) is 16.7. The van der Waals surface area contributed by atoms with Crippen LogP contribution >= 0.6 is 0 Å². The number of nitrogens with one attached hydrogen (secondary N) is 2. The summed E-state index contributed by atoms with van der Waals surface area (Å²) in [5, 5.41) is 5.31. The van der Waals surface area contributed by atoms with E-state index in [0.29, 0.717) is 18.1 Å². The molecule has 6 heteroatoms. The lowest BCUT2D eigenvalue weighted by atomic mass is 10.1. The van der Waals surface area contributed by atoms with Gasteiger partial charge in [0.2, 0.25) is 5.91 Å². The number of imide groups is 1. The maximum Gasteiger partial charge on any atom is 0.321 e. The van der Waals surface area contributed by atoms with Gasteiger partial charge in [0.1, 0.15) is 0 Å². The molecule has 0 spiro atoms. The van der Waals surface area contributed by atoms with Crippen molar-refractivity contribution in [1.29, 1.82) is 0 Å². The van der Waals surface area contributed by atoms with Crippen LogP contribution in [0.5, 0.6) is 0 Å². The summed E-state index contributed by atoms with van der Waals surface area (Å²) in [5.41, 5.74) is 0. The van der Waals surface area contributed by atoms with Crippen LogP contribution in [0, 0.1) is 0 Å². The number of rotatable bonds is 4. The van der Waals surface area contributed by atoms with Gasteiger partial charge in [-0.15, -0.1) is 0 Å². The largest absolute Gasteiger partial charge is 0.335 e. The summed E-state index contributed by atoms with van der Waals surface area (Å²) in [7, 11) is 0. The van der Waals surface area contributed by atoms with Gasteiger partial charge >= 0.3 is 6.03 Å². The standard InChI is InChI=1S/C17H30N4O2/c1-11(2)21-14-6-7-15(21)10-20(9-8-14)12(3)16(22)19-17(23)18-13-4-5-13/h11-15H,4-10H2,1-3H3,(H2,18,19,22,23). The third-order valence-electron chi connectivity index (χ3n) is 5.54. The number of fused-ring (bicyclic) bond motifs is 2. The Morgan fingerprint density at radius 2 is 1.70 bits per heavy atom. The molecular formula is C17H30N4O2. The summed E-state index contributed by atoms with van der Waals surface area (Å²) in [6, 6.07) is 1.42. The fourth-order valence-electron chi connectivity index (χ4n) is 4.16. The first-order chi connectivity index (χ1) is 11.0. The van der Waals surface area contributed by atoms with Crippen molar-refractivity contribution in [3.63, 3.8) is 0 Å². The molecule has 3 aliphatic rings. The first-order valence-corrected chi connectivity index (χ1v) is 9.08. The summed E-state index contributed by atoms with van der Waals surface area (Å²) in [6.45, 7) is 8.30. The molecule has 3 atom stereocenters. The second-order valence-corrected chi connectivity index (χ2v) is 7.62. The minimum atomic E-state index is -0.343. The van der Waals surface area contributed by atoms with Crippen molar-refractivity contribution in [2.45, 2.75) is 83.1 Å². The highest BCUT2D eigenvalue weighted by atomic mass is 16.2. The van der Waals surface area contributed by atoms with E-state index < -0.39 is 0 Å². The van der Waals surface area contributed by atoms with Crippen LogP contribution < -0.4 is 10.6 Å². The van der Waals surface area contributed by atoms with Crippen LogP contribution in [0.25, 0.3) is 0 Å². The lowest BCUT2D eigenvalue weighted by Gasteiger charge is -2.33. The highest BCUT2D eigenvalue weighted by molar-refractivity contribution is 5.97. The fraction of sp³-hybridized carbons (Fsp3) is 0.882. The molecule has 2 bridgehead atoms. The van der Waals surface area contributed by atoms with Gasteiger partial charge in [-0.2, -0.15) is 0 Å². The first-order valence-electron chi connectivity index (χ1n) is 9.08. The molecule has 6 nitrogen and oxygen atoms in total. The average molecular weight is 322 g/mol. The van der Waals surface area contributed by atoms with Gasteiger partial charge in [0, 0.05) is 37.3 Å². The number of carbonyl (C=O) groups excluding carboxylic acids is 2. The molecule has 23 heavy (non-hydrogen) atoms. The zero-order valence-corrected chi connectivity index (χ0v) is 14.5. The Balaban J connectivity index is 1.55. The van der Waals surface area contributed by atoms with E-state index in [1.807, 2.05) is 6.92 Å². The molecule has 3 amide bonds. The Labute approximate surface area is 139 Å². The summed E-state index contributed by atoms with van der Waals surface area (Å²) in [6.07, 6.45) is 5.66. The summed E-state index contributed by atoms with van der Waals surface area (Å²) in [5.74, 6) is -0.183. The summed E-state index contributed by atoms with van der Waals surface area (Å²) >= 11 is 0. The molecule has 2 saturated heterocycles. The van der Waals surface area contributed by atoms with E-state index in [1.54, 1.807) is 0 Å². The molecule has 0 aromatic carbocycles. The Kier molecular flexibility index (Phi) is 4.92. The van der Waals surface area contributed by atoms with Crippen LogP contribution in [0.15, 0.2) is 0 Å². The van der Waals surface area contributed by atoms with Crippen molar-refractivity contribution in [2.24, 2.45) is 0 Å². The smallest absolute Gasteiger partial charge is 0.321 e. The lowest BCUT2D eigenvalue weighted by molar-refractivity contribution is -0.124. The van der Waals surface area contributed by atoms with E-state index in [1.165, 1.54) is 12.8 Å². The van der Waals surface area contributed by atoms with Gasteiger partial charge in [0.25, 0.3) is 0 Å². The van der Waals surface area contributed by atoms with E-state index in [9.17, 15) is 9.59 Å². The number of hydrogen-bond acceptors (Lipinski definition) is 4. The number of amides is 3. The van der Waals surface area contributed by atoms with Crippen LogP contribution in [0.3, 0.4) is 0 Å². The minimum absolute atomic E-state index is 0.183. The normalized spacial score (nSPS) is 30.1. The third-order valence-corrected chi connectivity index (χ3v) is 5.54. The molecule has 130 valence electrons. The van der Waals surface area contributed by atoms with Crippen LogP contribution in [0.4, 0.5) is 4.79 Å². The molecule has 3 fully saturated rings. The number of urea groups is 1. The van der Waals surface area contributed by atoms with Gasteiger partial charge in [0.15, 0.2) is 0 Å². The van der Waals surface area contributed by atoms with Crippen molar-refractivity contribution in [2.75, 3.05) is 13.1 Å². The van der Waals surface area contributed by atoms with E-state index in [4.69, 9.17) is 0 Å². The summed E-state index contributed by atoms with van der Waals surface area (Å²) in [4.78, 5) is 29.0. The van der Waals surface area contributed by atoms with Gasteiger partial charge in [-0.25, -0.2) is 4.79 Å². The topological polar surface area (TPSA) is 64.7 Å². The molecule has 2 heterocycles. The second kappa shape index (κ2) is 6.77. The Morgan fingerprint density at radius 1 is 1.00 bits per heavy atom. The molecule has 1 saturated carbocycles. The monoisotopic (exact) mass is 322 g/mol. The van der Waals surface area contributed by atoms with E-state index >= 15 is 0 Å². The molecule has 3 unspecified atom stereocenters. The van der Waals surface area contributed by atoms with Crippen LogP contribution in [-0.4, -0.2) is 65.0 Å². The Hall–Kier alpha value is -1.14. The lowest BCUT2D eigenvalue weighted by Crippen LogP contribution is -2.52. The van der Waals surface area contributed by atoms with Crippen LogP contribution in [-0.2, 0) is 4.79 Å². The molecule has 0 aromatic heterocycles. The van der Waals surface area contributed by atoms with Crippen molar-refractivity contribution in [3.8, 4) is 0 Å². The number of hydrogen-bond donors (Lipinski definition) is 2. The Morgan fingerprint density at radius 3 is 2.35 bits per heavy atom. The summed E-state index contributed by atoms with van der Waals surface area (Å²) < 4.78 is 0. The van der Waals surface area contributed by atoms with Gasteiger partial charge in [0.05, 0.1) is 6.04 Å². The van der Waals surface area contributed by atoms with Gasteiger partial charge in [-0.05, 0) is 52.9 Å². The average Bonchev–Trinajstić information content (AvgIpc) is 3.20. The second-order valence-electron chi connectivity index (χ2n) is 7.62. The molecule has 0 radical (unpaired) electrons. The van der Waals surface area contributed by atoms with Gasteiger partial charge in [-0.1, -0.05) is 0 Å². The van der Waals surface area contributed by atoms with Crippen molar-refractivity contribution in [1.82, 2.24) is 20.4 Å². The number of likely N-dealkylation sites (tertiary alicyclic amines) is 1. The number of nitrogens with zero attached hydrogens (tertiary/aromatic N) is 2. The highest BCUT2D eigenvalue weighted by Gasteiger charge is 2.40. The van der Waals surface area contributed by atoms with E-state index in [2.05, 4.69) is 34.3 Å². The Bertz CT molecular complexity index is 464. The molecule has 0 aromatic rings. The quantitative estimate of drug-likeness (QED) is 0.819. The van der Waals surface area contributed by atoms with Crippen molar-refractivity contribution >= 4 is 11.9 Å². The van der Waals surface area contributed by atoms with Gasteiger partial charge in [-0.3, -0.25) is 19.9 Å². The molecular weight excluding hydrogens is 292 g/mol.